The molecule has 0 aromatic heterocycles. The van der Waals surface area contributed by atoms with Crippen LogP contribution in [0.5, 0.6) is 0 Å². The molecular formula is C23H27NO6. The van der Waals surface area contributed by atoms with Crippen molar-refractivity contribution in [3.8, 4) is 0 Å². The van der Waals surface area contributed by atoms with Crippen LogP contribution in [0, 0.1) is 0 Å². The standard InChI is InChI=1S/C23H27NO6/c1-5-11-30-23(29)15(6-2)12-16-9-7-8-10-17(16)20-18(21(25)26)13(3)24-14(4)19(20)22(27)28/h7-10,12,20,24H,5-6,11H2,1-4H3,(H,25,26)(H,27,28)/b15-12+. The number of aliphatic carboxylic acids is 2. The highest BCUT2D eigenvalue weighted by atomic mass is 16.5. The van der Waals surface area contributed by atoms with Gasteiger partial charge in [0.1, 0.15) is 0 Å². The quantitative estimate of drug-likeness (QED) is 0.438. The first kappa shape index (κ1) is 22.9. The Morgan fingerprint density at radius 2 is 1.60 bits per heavy atom. The second-order valence-corrected chi connectivity index (χ2v) is 7.03. The average molecular weight is 413 g/mol. The Morgan fingerprint density at radius 1 is 1.03 bits per heavy atom. The molecular weight excluding hydrogens is 386 g/mol. The molecule has 0 atom stereocenters. The lowest BCUT2D eigenvalue weighted by molar-refractivity contribution is -0.139. The first-order chi connectivity index (χ1) is 14.2. The second-order valence-electron chi connectivity index (χ2n) is 7.03. The van der Waals surface area contributed by atoms with Crippen molar-refractivity contribution in [2.45, 2.75) is 46.5 Å². The Labute approximate surface area is 175 Å². The summed E-state index contributed by atoms with van der Waals surface area (Å²) in [5.41, 5.74) is 2.20. The zero-order valence-corrected chi connectivity index (χ0v) is 17.6. The molecule has 7 nitrogen and oxygen atoms in total. The van der Waals surface area contributed by atoms with Gasteiger partial charge in [-0.05, 0) is 43.9 Å². The third kappa shape index (κ3) is 4.79. The number of carbonyl (C=O) groups is 3. The van der Waals surface area contributed by atoms with Crippen LogP contribution in [0.3, 0.4) is 0 Å². The summed E-state index contributed by atoms with van der Waals surface area (Å²) in [6, 6.07) is 6.91. The molecule has 0 radical (unpaired) electrons. The minimum atomic E-state index is -1.20. The largest absolute Gasteiger partial charge is 0.478 e. The van der Waals surface area contributed by atoms with Crippen LogP contribution in [0.25, 0.3) is 6.08 Å². The highest BCUT2D eigenvalue weighted by Crippen LogP contribution is 2.40. The number of ether oxygens (including phenoxy) is 1. The van der Waals surface area contributed by atoms with E-state index in [-0.39, 0.29) is 11.1 Å². The van der Waals surface area contributed by atoms with Gasteiger partial charge in [-0.15, -0.1) is 0 Å². The highest BCUT2D eigenvalue weighted by Gasteiger charge is 2.37. The van der Waals surface area contributed by atoms with E-state index in [4.69, 9.17) is 4.74 Å². The number of hydrogen-bond acceptors (Lipinski definition) is 5. The summed E-state index contributed by atoms with van der Waals surface area (Å²) < 4.78 is 5.23. The molecule has 1 aliphatic heterocycles. The van der Waals surface area contributed by atoms with Gasteiger partial charge in [-0.3, -0.25) is 0 Å². The predicted molar refractivity (Wildman–Crippen MR) is 113 cm³/mol. The van der Waals surface area contributed by atoms with Crippen LogP contribution in [0.2, 0.25) is 0 Å². The molecule has 7 heteroatoms. The molecule has 0 aliphatic carbocycles. The number of carboxylic acid groups (broad SMARTS) is 2. The minimum Gasteiger partial charge on any atom is -0.478 e. The number of rotatable bonds is 8. The summed E-state index contributed by atoms with van der Waals surface area (Å²) in [5.74, 6) is -3.82. The van der Waals surface area contributed by atoms with Crippen molar-refractivity contribution < 1.29 is 29.3 Å². The molecule has 160 valence electrons. The van der Waals surface area contributed by atoms with Gasteiger partial charge in [-0.25, -0.2) is 14.4 Å². The number of hydrogen-bond donors (Lipinski definition) is 3. The van der Waals surface area contributed by atoms with Gasteiger partial charge >= 0.3 is 17.9 Å². The van der Waals surface area contributed by atoms with Crippen molar-refractivity contribution in [1.82, 2.24) is 5.32 Å². The number of benzene rings is 1. The van der Waals surface area contributed by atoms with E-state index < -0.39 is 23.8 Å². The maximum Gasteiger partial charge on any atom is 0.334 e. The van der Waals surface area contributed by atoms with Crippen LogP contribution in [-0.2, 0) is 19.1 Å². The van der Waals surface area contributed by atoms with E-state index in [0.717, 1.165) is 0 Å². The molecule has 0 amide bonds. The summed E-state index contributed by atoms with van der Waals surface area (Å²) in [4.78, 5) is 36.4. The van der Waals surface area contributed by atoms with E-state index in [1.807, 2.05) is 13.8 Å². The number of carbonyl (C=O) groups excluding carboxylic acids is 1. The van der Waals surface area contributed by atoms with Crippen LogP contribution in [0.1, 0.15) is 57.6 Å². The van der Waals surface area contributed by atoms with Gasteiger partial charge in [-0.1, -0.05) is 38.1 Å². The van der Waals surface area contributed by atoms with Gasteiger partial charge in [0.05, 0.1) is 23.7 Å². The first-order valence-corrected chi connectivity index (χ1v) is 9.84. The zero-order valence-electron chi connectivity index (χ0n) is 17.6. The Hall–Kier alpha value is -3.35. The number of nitrogens with one attached hydrogen (secondary N) is 1. The van der Waals surface area contributed by atoms with Gasteiger partial charge in [-0.2, -0.15) is 0 Å². The number of allylic oxidation sites excluding steroid dienone is 2. The fraction of sp³-hybridized carbons (Fsp3) is 0.348. The fourth-order valence-corrected chi connectivity index (χ4v) is 3.56. The lowest BCUT2D eigenvalue weighted by atomic mass is 9.78. The highest BCUT2D eigenvalue weighted by molar-refractivity contribution is 5.99. The van der Waals surface area contributed by atoms with E-state index in [2.05, 4.69) is 5.32 Å². The van der Waals surface area contributed by atoms with Gasteiger partial charge in [0, 0.05) is 17.0 Å². The van der Waals surface area contributed by atoms with Crippen LogP contribution in [-0.4, -0.2) is 34.7 Å². The summed E-state index contributed by atoms with van der Waals surface area (Å²) >= 11 is 0. The predicted octanol–water partition coefficient (Wildman–Crippen LogP) is 3.84. The molecule has 0 bridgehead atoms. The molecule has 30 heavy (non-hydrogen) atoms. The first-order valence-electron chi connectivity index (χ1n) is 9.84. The van der Waals surface area contributed by atoms with Crippen molar-refractivity contribution in [1.29, 1.82) is 0 Å². The molecule has 1 heterocycles. The van der Waals surface area contributed by atoms with Crippen molar-refractivity contribution >= 4 is 24.0 Å². The van der Waals surface area contributed by atoms with E-state index in [1.165, 1.54) is 0 Å². The summed E-state index contributed by atoms with van der Waals surface area (Å²) in [5, 5.41) is 22.5. The van der Waals surface area contributed by atoms with E-state index in [1.54, 1.807) is 44.2 Å². The maximum atomic E-state index is 12.4. The lowest BCUT2D eigenvalue weighted by Crippen LogP contribution is -2.31. The van der Waals surface area contributed by atoms with Crippen LogP contribution >= 0.6 is 0 Å². The summed E-state index contributed by atoms with van der Waals surface area (Å²) in [6.07, 6.45) is 2.77. The van der Waals surface area contributed by atoms with Gasteiger partial charge in [0.25, 0.3) is 0 Å². The number of carboxylic acids is 2. The van der Waals surface area contributed by atoms with Crippen LogP contribution in [0.4, 0.5) is 0 Å². The zero-order chi connectivity index (χ0) is 22.4. The van der Waals surface area contributed by atoms with Crippen LogP contribution < -0.4 is 5.32 Å². The fourth-order valence-electron chi connectivity index (χ4n) is 3.56. The number of dihydropyridines is 1. The lowest BCUT2D eigenvalue weighted by Gasteiger charge is -2.29. The summed E-state index contributed by atoms with van der Waals surface area (Å²) in [7, 11) is 0. The van der Waals surface area contributed by atoms with E-state index in [9.17, 15) is 24.6 Å². The molecule has 0 unspecified atom stereocenters. The molecule has 1 aromatic rings. The SMILES string of the molecule is CCCOC(=O)/C(=C/c1ccccc1C1C(C(=O)O)=C(C)NC(C)=C1C(=O)O)CC. The Bertz CT molecular complexity index is 918. The van der Waals surface area contributed by atoms with Gasteiger partial charge in [0.2, 0.25) is 0 Å². The van der Waals surface area contributed by atoms with Crippen molar-refractivity contribution in [3.63, 3.8) is 0 Å². The minimum absolute atomic E-state index is 0.0366. The Kier molecular flexibility index (Phi) is 7.58. The van der Waals surface area contributed by atoms with E-state index >= 15 is 0 Å². The second kappa shape index (κ2) is 9.91. The third-order valence-corrected chi connectivity index (χ3v) is 4.94. The molecule has 0 spiro atoms. The molecule has 0 fully saturated rings. The van der Waals surface area contributed by atoms with E-state index in [0.29, 0.717) is 47.5 Å². The van der Waals surface area contributed by atoms with Gasteiger partial charge < -0.3 is 20.3 Å². The smallest absolute Gasteiger partial charge is 0.334 e. The van der Waals surface area contributed by atoms with Gasteiger partial charge in [0.15, 0.2) is 0 Å². The number of esters is 1. The third-order valence-electron chi connectivity index (χ3n) is 4.94. The molecule has 0 saturated heterocycles. The van der Waals surface area contributed by atoms with Crippen LogP contribution in [0.15, 0.2) is 52.4 Å². The van der Waals surface area contributed by atoms with Crippen molar-refractivity contribution in [2.24, 2.45) is 0 Å². The monoisotopic (exact) mass is 413 g/mol. The van der Waals surface area contributed by atoms with Crippen molar-refractivity contribution in [3.05, 3.63) is 63.5 Å². The maximum absolute atomic E-state index is 12.4. The van der Waals surface area contributed by atoms with Crippen molar-refractivity contribution in [2.75, 3.05) is 6.61 Å². The Morgan fingerprint density at radius 3 is 2.10 bits per heavy atom. The molecule has 2 rings (SSSR count). The normalized spacial score (nSPS) is 15.1. The molecule has 1 aliphatic rings. The average Bonchev–Trinajstić information content (AvgIpc) is 2.69. The summed E-state index contributed by atoms with van der Waals surface area (Å²) in [6.45, 7) is 7.25. The topological polar surface area (TPSA) is 113 Å². The Balaban J connectivity index is 2.69. The molecule has 3 N–H and O–H groups in total. The molecule has 0 saturated carbocycles. The molecule has 1 aromatic carbocycles.